The molecule has 0 bridgehead atoms. The highest BCUT2D eigenvalue weighted by molar-refractivity contribution is 6.32. The first-order valence-corrected chi connectivity index (χ1v) is 11.6. The van der Waals surface area contributed by atoms with Crippen molar-refractivity contribution >= 4 is 52.7 Å². The van der Waals surface area contributed by atoms with E-state index >= 15 is 0 Å². The molecule has 0 aliphatic rings. The monoisotopic (exact) mass is 526 g/mol. The Morgan fingerprint density at radius 3 is 2.03 bits per heavy atom. The van der Waals surface area contributed by atoms with Gasteiger partial charge in [0.05, 0.1) is 11.1 Å². The molecule has 3 N–H and O–H groups in total. The molecule has 12 heteroatoms. The number of nitro benzene ring substituents is 1. The fourth-order valence-corrected chi connectivity index (χ4v) is 3.56. The predicted octanol–water partition coefficient (Wildman–Crippen LogP) is 6.63. The molecule has 0 unspecified atom stereocenters. The molecule has 2 heterocycles. The molecule has 11 nitrogen and oxygen atoms in total. The third-order valence-corrected chi connectivity index (χ3v) is 5.43. The Bertz CT molecular complexity index is 1530. The number of aromatic nitrogens is 3. The number of hydrazone groups is 1. The quantitative estimate of drug-likeness (QED) is 0.109. The van der Waals surface area contributed by atoms with Gasteiger partial charge in [0.1, 0.15) is 16.5 Å². The number of para-hydroxylation sites is 2. The van der Waals surface area contributed by atoms with Crippen LogP contribution < -0.4 is 16.1 Å². The molecule has 0 radical (unpaired) electrons. The van der Waals surface area contributed by atoms with Crippen molar-refractivity contribution in [3.63, 3.8) is 0 Å². The van der Waals surface area contributed by atoms with Gasteiger partial charge >= 0.3 is 0 Å². The molecular formula is C26H19ClN8O3. The number of benzene rings is 3. The predicted molar refractivity (Wildman–Crippen MR) is 146 cm³/mol. The summed E-state index contributed by atoms with van der Waals surface area (Å²) in [6, 6.07) is 26.8. The lowest BCUT2D eigenvalue weighted by atomic mass is 10.1. The summed E-state index contributed by atoms with van der Waals surface area (Å²) in [7, 11) is 0. The van der Waals surface area contributed by atoms with E-state index in [1.165, 1.54) is 18.3 Å². The van der Waals surface area contributed by atoms with Gasteiger partial charge in [-0.2, -0.15) is 20.1 Å². The number of hydrogen-bond acceptors (Lipinski definition) is 10. The van der Waals surface area contributed by atoms with Gasteiger partial charge in [0.15, 0.2) is 0 Å². The van der Waals surface area contributed by atoms with E-state index in [0.29, 0.717) is 29.0 Å². The van der Waals surface area contributed by atoms with E-state index in [2.05, 4.69) is 36.1 Å². The summed E-state index contributed by atoms with van der Waals surface area (Å²) < 4.78 is 5.75. The van der Waals surface area contributed by atoms with Gasteiger partial charge in [-0.15, -0.1) is 0 Å². The molecule has 0 spiro atoms. The van der Waals surface area contributed by atoms with Crippen molar-refractivity contribution < 1.29 is 9.34 Å². The molecule has 5 aromatic rings. The number of hydrogen-bond donors (Lipinski definition) is 3. The Hall–Kier alpha value is -5.29. The van der Waals surface area contributed by atoms with E-state index in [0.717, 1.165) is 11.4 Å². The standard InChI is InChI=1S/C26H19ClN8O3/c27-21-13-11-17(15-22(21)35(36)37)23-14-12-20(38-23)16-28-34-26-32-24(29-18-7-3-1-4-8-18)31-25(33-26)30-19-9-5-2-6-10-19/h1-16H,(H3,29,30,31,32,33,34)/b28-16-. The van der Waals surface area contributed by atoms with Gasteiger partial charge in [-0.25, -0.2) is 5.43 Å². The molecule has 0 aliphatic heterocycles. The lowest BCUT2D eigenvalue weighted by Gasteiger charge is -2.10. The zero-order valence-electron chi connectivity index (χ0n) is 19.6. The van der Waals surface area contributed by atoms with Crippen LogP contribution in [0.15, 0.2) is 101 Å². The van der Waals surface area contributed by atoms with E-state index < -0.39 is 4.92 Å². The van der Waals surface area contributed by atoms with Crippen LogP contribution in [0.4, 0.5) is 34.9 Å². The topological polar surface area (TPSA) is 143 Å². The largest absolute Gasteiger partial charge is 0.455 e. The van der Waals surface area contributed by atoms with Gasteiger partial charge in [-0.3, -0.25) is 10.1 Å². The van der Waals surface area contributed by atoms with Crippen LogP contribution in [0.3, 0.4) is 0 Å². The maximum absolute atomic E-state index is 11.2. The summed E-state index contributed by atoms with van der Waals surface area (Å²) in [4.78, 5) is 23.8. The number of rotatable bonds is 9. The minimum atomic E-state index is -0.544. The fourth-order valence-electron chi connectivity index (χ4n) is 3.38. The Balaban J connectivity index is 1.34. The van der Waals surface area contributed by atoms with Crippen molar-refractivity contribution in [2.24, 2.45) is 5.10 Å². The first-order chi connectivity index (χ1) is 18.5. The molecule has 38 heavy (non-hydrogen) atoms. The average Bonchev–Trinajstić information content (AvgIpc) is 3.39. The molecule has 2 aromatic heterocycles. The number of nitro groups is 1. The Morgan fingerprint density at radius 1 is 0.816 bits per heavy atom. The SMILES string of the molecule is O=[N+]([O-])c1cc(-c2ccc(/C=N\Nc3nc(Nc4ccccc4)nc(Nc4ccccc4)n3)o2)ccc1Cl. The average molecular weight is 527 g/mol. The van der Waals surface area contributed by atoms with Gasteiger partial charge in [0, 0.05) is 23.0 Å². The van der Waals surface area contributed by atoms with Crippen LogP contribution in [0.2, 0.25) is 5.02 Å². The van der Waals surface area contributed by atoms with Crippen molar-refractivity contribution in [3.05, 3.63) is 112 Å². The molecule has 0 saturated heterocycles. The van der Waals surface area contributed by atoms with Gasteiger partial charge in [-0.05, 0) is 48.5 Å². The summed E-state index contributed by atoms with van der Waals surface area (Å²) >= 11 is 5.90. The maximum atomic E-state index is 11.2. The molecule has 0 amide bonds. The fraction of sp³-hybridized carbons (Fsp3) is 0. The van der Waals surface area contributed by atoms with Gasteiger partial charge in [0.2, 0.25) is 17.8 Å². The molecular weight excluding hydrogens is 508 g/mol. The van der Waals surface area contributed by atoms with E-state index in [4.69, 9.17) is 16.0 Å². The van der Waals surface area contributed by atoms with Crippen LogP contribution in [0.25, 0.3) is 11.3 Å². The second kappa shape index (κ2) is 11.2. The van der Waals surface area contributed by atoms with Crippen LogP contribution >= 0.6 is 11.6 Å². The minimum Gasteiger partial charge on any atom is -0.455 e. The zero-order chi connectivity index (χ0) is 26.3. The van der Waals surface area contributed by atoms with Crippen molar-refractivity contribution in [1.82, 2.24) is 15.0 Å². The second-order valence-corrected chi connectivity index (χ2v) is 8.19. The highest BCUT2D eigenvalue weighted by Gasteiger charge is 2.15. The summed E-state index contributed by atoms with van der Waals surface area (Å²) in [6.07, 6.45) is 1.44. The van der Waals surface area contributed by atoms with E-state index in [9.17, 15) is 10.1 Å². The number of furan rings is 1. The van der Waals surface area contributed by atoms with Crippen LogP contribution in [-0.4, -0.2) is 26.1 Å². The summed E-state index contributed by atoms with van der Waals surface area (Å²) in [6.45, 7) is 0. The van der Waals surface area contributed by atoms with Crippen LogP contribution in [-0.2, 0) is 0 Å². The molecule has 0 fully saturated rings. The number of nitrogens with one attached hydrogen (secondary N) is 3. The number of halogens is 1. The molecule has 0 atom stereocenters. The highest BCUT2D eigenvalue weighted by atomic mass is 35.5. The normalized spacial score (nSPS) is 10.9. The Morgan fingerprint density at radius 2 is 1.42 bits per heavy atom. The second-order valence-electron chi connectivity index (χ2n) is 7.78. The van der Waals surface area contributed by atoms with Gasteiger partial charge in [0.25, 0.3) is 5.69 Å². The lowest BCUT2D eigenvalue weighted by molar-refractivity contribution is -0.384. The maximum Gasteiger partial charge on any atom is 0.288 e. The first kappa shape index (κ1) is 24.4. The lowest BCUT2D eigenvalue weighted by Crippen LogP contribution is -2.07. The van der Waals surface area contributed by atoms with E-state index in [1.807, 2.05) is 60.7 Å². The van der Waals surface area contributed by atoms with E-state index in [1.54, 1.807) is 18.2 Å². The van der Waals surface area contributed by atoms with Crippen molar-refractivity contribution in [2.75, 3.05) is 16.1 Å². The van der Waals surface area contributed by atoms with Gasteiger partial charge < -0.3 is 15.1 Å². The molecule has 0 aliphatic carbocycles. The summed E-state index contributed by atoms with van der Waals surface area (Å²) in [5.41, 5.74) is 4.72. The van der Waals surface area contributed by atoms with Crippen molar-refractivity contribution in [1.29, 1.82) is 0 Å². The minimum absolute atomic E-state index is 0.0517. The zero-order valence-corrected chi connectivity index (χ0v) is 20.3. The first-order valence-electron chi connectivity index (χ1n) is 11.3. The molecule has 188 valence electrons. The molecule has 5 rings (SSSR count). The third-order valence-electron chi connectivity index (χ3n) is 5.11. The number of anilines is 5. The smallest absolute Gasteiger partial charge is 0.288 e. The van der Waals surface area contributed by atoms with Crippen molar-refractivity contribution in [2.45, 2.75) is 0 Å². The molecule has 0 saturated carbocycles. The van der Waals surface area contributed by atoms with E-state index in [-0.39, 0.29) is 16.7 Å². The van der Waals surface area contributed by atoms with Crippen molar-refractivity contribution in [3.8, 4) is 11.3 Å². The van der Waals surface area contributed by atoms with Crippen LogP contribution in [0.5, 0.6) is 0 Å². The summed E-state index contributed by atoms with van der Waals surface area (Å²) in [5, 5.41) is 21.7. The van der Waals surface area contributed by atoms with Crippen LogP contribution in [0.1, 0.15) is 5.76 Å². The number of nitrogens with zero attached hydrogens (tertiary/aromatic N) is 5. The Labute approximate surface area is 221 Å². The summed E-state index contributed by atoms with van der Waals surface area (Å²) in [5.74, 6) is 1.65. The third kappa shape index (κ3) is 6.09. The van der Waals surface area contributed by atoms with Crippen LogP contribution in [0, 0.1) is 10.1 Å². The van der Waals surface area contributed by atoms with Gasteiger partial charge in [-0.1, -0.05) is 48.0 Å². The Kier molecular flexibility index (Phi) is 7.18. The highest BCUT2D eigenvalue weighted by Crippen LogP contribution is 2.31. The molecule has 3 aromatic carbocycles.